The van der Waals surface area contributed by atoms with E-state index in [2.05, 4.69) is 10.3 Å². The van der Waals surface area contributed by atoms with Crippen molar-refractivity contribution in [2.24, 2.45) is 0 Å². The first-order valence-electron chi connectivity index (χ1n) is 5.08. The van der Waals surface area contributed by atoms with Crippen LogP contribution in [-0.2, 0) is 0 Å². The van der Waals surface area contributed by atoms with Gasteiger partial charge >= 0.3 is 0 Å². The molecule has 0 spiro atoms. The third kappa shape index (κ3) is 2.26. The highest BCUT2D eigenvalue weighted by atomic mass is 35.5. The molecule has 17 heavy (non-hydrogen) atoms. The number of benzene rings is 1. The third-order valence-corrected chi connectivity index (χ3v) is 2.70. The summed E-state index contributed by atoms with van der Waals surface area (Å²) in [5.74, 6) is -0.170. The van der Waals surface area contributed by atoms with E-state index >= 15 is 0 Å². The lowest BCUT2D eigenvalue weighted by Crippen LogP contribution is -2.17. The van der Waals surface area contributed by atoms with E-state index in [1.165, 1.54) is 0 Å². The molecule has 2 aromatic rings. The van der Waals surface area contributed by atoms with Gasteiger partial charge in [-0.25, -0.2) is 0 Å². The van der Waals surface area contributed by atoms with Crippen molar-refractivity contribution < 1.29 is 4.79 Å². The minimum Gasteiger partial charge on any atom is -0.398 e. The average molecular weight is 250 g/mol. The molecule has 0 saturated heterocycles. The average Bonchev–Trinajstić information content (AvgIpc) is 2.80. The van der Waals surface area contributed by atoms with Gasteiger partial charge in [0.25, 0.3) is 5.91 Å². The Morgan fingerprint density at radius 2 is 2.12 bits per heavy atom. The van der Waals surface area contributed by atoms with E-state index < -0.39 is 0 Å². The first-order chi connectivity index (χ1) is 8.11. The van der Waals surface area contributed by atoms with Gasteiger partial charge in [0.1, 0.15) is 5.69 Å². The molecule has 1 amide bonds. The summed E-state index contributed by atoms with van der Waals surface area (Å²) in [7, 11) is 1.58. The van der Waals surface area contributed by atoms with Crippen molar-refractivity contribution >= 4 is 23.2 Å². The number of hydrogen-bond donors (Lipinski definition) is 3. The van der Waals surface area contributed by atoms with Gasteiger partial charge in [0.2, 0.25) is 0 Å². The van der Waals surface area contributed by atoms with Gasteiger partial charge < -0.3 is 16.0 Å². The Labute approximate surface area is 104 Å². The molecule has 88 valence electrons. The minimum atomic E-state index is -0.170. The maximum atomic E-state index is 11.4. The lowest BCUT2D eigenvalue weighted by atomic mass is 10.1. The van der Waals surface area contributed by atoms with Crippen LogP contribution < -0.4 is 11.1 Å². The second-order valence-corrected chi connectivity index (χ2v) is 4.03. The Hall–Kier alpha value is -1.94. The number of aromatic amines is 1. The number of rotatable bonds is 2. The number of aromatic nitrogens is 1. The standard InChI is InChI=1S/C12H12ClN3O/c1-15-12(17)11-5-4-10(16-11)8-6-7(13)2-3-9(8)14/h2-6,16H,14H2,1H3,(H,15,17). The van der Waals surface area contributed by atoms with Crippen LogP contribution in [-0.4, -0.2) is 17.9 Å². The number of carbonyl (C=O) groups is 1. The van der Waals surface area contributed by atoms with E-state index in [1.54, 1.807) is 37.4 Å². The molecule has 0 radical (unpaired) electrons. The molecule has 1 heterocycles. The molecule has 1 aromatic carbocycles. The highest BCUT2D eigenvalue weighted by molar-refractivity contribution is 6.31. The first kappa shape index (κ1) is 11.5. The first-order valence-corrected chi connectivity index (χ1v) is 5.46. The molecule has 0 bridgehead atoms. The smallest absolute Gasteiger partial charge is 0.267 e. The SMILES string of the molecule is CNC(=O)c1ccc(-c2cc(Cl)ccc2N)[nH]1. The highest BCUT2D eigenvalue weighted by Gasteiger charge is 2.09. The van der Waals surface area contributed by atoms with Gasteiger partial charge in [0.15, 0.2) is 0 Å². The van der Waals surface area contributed by atoms with E-state index in [1.807, 2.05) is 0 Å². The van der Waals surface area contributed by atoms with Crippen LogP contribution in [0.5, 0.6) is 0 Å². The van der Waals surface area contributed by atoms with Crippen molar-refractivity contribution in [2.45, 2.75) is 0 Å². The summed E-state index contributed by atoms with van der Waals surface area (Å²) in [4.78, 5) is 14.4. The van der Waals surface area contributed by atoms with E-state index in [0.29, 0.717) is 16.4 Å². The van der Waals surface area contributed by atoms with Gasteiger partial charge in [-0.2, -0.15) is 0 Å². The Bertz CT molecular complexity index is 563. The molecule has 0 aliphatic heterocycles. The van der Waals surface area contributed by atoms with Crippen molar-refractivity contribution in [1.29, 1.82) is 0 Å². The van der Waals surface area contributed by atoms with Crippen molar-refractivity contribution in [3.8, 4) is 11.3 Å². The van der Waals surface area contributed by atoms with Crippen LogP contribution in [0.4, 0.5) is 5.69 Å². The van der Waals surface area contributed by atoms with Crippen LogP contribution in [0.1, 0.15) is 10.5 Å². The quantitative estimate of drug-likeness (QED) is 0.715. The summed E-state index contributed by atoms with van der Waals surface area (Å²) < 4.78 is 0. The summed E-state index contributed by atoms with van der Waals surface area (Å²) in [6, 6.07) is 8.72. The number of carbonyl (C=O) groups excluding carboxylic acids is 1. The minimum absolute atomic E-state index is 0.170. The molecule has 0 aliphatic rings. The van der Waals surface area contributed by atoms with Crippen LogP contribution in [0.3, 0.4) is 0 Å². The molecule has 0 fully saturated rings. The molecule has 5 heteroatoms. The van der Waals surface area contributed by atoms with E-state index in [9.17, 15) is 4.79 Å². The second-order valence-electron chi connectivity index (χ2n) is 3.60. The number of nitrogens with one attached hydrogen (secondary N) is 2. The van der Waals surface area contributed by atoms with Crippen LogP contribution in [0.25, 0.3) is 11.3 Å². The van der Waals surface area contributed by atoms with E-state index in [4.69, 9.17) is 17.3 Å². The van der Waals surface area contributed by atoms with Crippen LogP contribution in [0.15, 0.2) is 30.3 Å². The van der Waals surface area contributed by atoms with Gasteiger partial charge in [-0.1, -0.05) is 11.6 Å². The zero-order valence-corrected chi connectivity index (χ0v) is 10.0. The fourth-order valence-electron chi connectivity index (χ4n) is 1.58. The molecule has 0 saturated carbocycles. The maximum absolute atomic E-state index is 11.4. The van der Waals surface area contributed by atoms with Crippen molar-refractivity contribution in [3.63, 3.8) is 0 Å². The summed E-state index contributed by atoms with van der Waals surface area (Å²) in [6.07, 6.45) is 0. The van der Waals surface area contributed by atoms with Gasteiger partial charge in [-0.05, 0) is 30.3 Å². The molecule has 2 rings (SSSR count). The van der Waals surface area contributed by atoms with Gasteiger partial charge in [0, 0.05) is 29.0 Å². The van der Waals surface area contributed by atoms with Crippen molar-refractivity contribution in [2.75, 3.05) is 12.8 Å². The lowest BCUT2D eigenvalue weighted by molar-refractivity contribution is 0.0959. The van der Waals surface area contributed by atoms with Gasteiger partial charge in [-0.15, -0.1) is 0 Å². The summed E-state index contributed by atoms with van der Waals surface area (Å²) >= 11 is 5.91. The fraction of sp³-hybridized carbons (Fsp3) is 0.0833. The monoisotopic (exact) mass is 249 g/mol. The van der Waals surface area contributed by atoms with Crippen molar-refractivity contribution in [3.05, 3.63) is 41.0 Å². The molecular weight excluding hydrogens is 238 g/mol. The Balaban J connectivity index is 2.43. The predicted molar refractivity (Wildman–Crippen MR) is 69.0 cm³/mol. The van der Waals surface area contributed by atoms with E-state index in [-0.39, 0.29) is 5.91 Å². The lowest BCUT2D eigenvalue weighted by Gasteiger charge is -2.04. The number of amides is 1. The zero-order chi connectivity index (χ0) is 12.4. The molecule has 0 unspecified atom stereocenters. The topological polar surface area (TPSA) is 70.9 Å². The normalized spacial score (nSPS) is 10.2. The largest absolute Gasteiger partial charge is 0.398 e. The third-order valence-electron chi connectivity index (χ3n) is 2.46. The molecule has 0 atom stereocenters. The summed E-state index contributed by atoms with van der Waals surface area (Å²) in [5, 5.41) is 3.15. The number of nitrogens with two attached hydrogens (primary N) is 1. The van der Waals surface area contributed by atoms with Crippen molar-refractivity contribution in [1.82, 2.24) is 10.3 Å². The number of anilines is 1. The van der Waals surface area contributed by atoms with Crippen LogP contribution >= 0.6 is 11.6 Å². The second kappa shape index (κ2) is 4.51. The fourth-order valence-corrected chi connectivity index (χ4v) is 1.75. The van der Waals surface area contributed by atoms with Gasteiger partial charge in [0.05, 0.1) is 0 Å². The molecule has 1 aromatic heterocycles. The maximum Gasteiger partial charge on any atom is 0.267 e. The Morgan fingerprint density at radius 3 is 2.82 bits per heavy atom. The summed E-state index contributed by atoms with van der Waals surface area (Å²) in [6.45, 7) is 0. The predicted octanol–water partition coefficient (Wildman–Crippen LogP) is 2.28. The highest BCUT2D eigenvalue weighted by Crippen LogP contribution is 2.28. The number of nitrogen functional groups attached to an aromatic ring is 1. The zero-order valence-electron chi connectivity index (χ0n) is 9.25. The number of hydrogen-bond acceptors (Lipinski definition) is 2. The molecule has 4 nitrogen and oxygen atoms in total. The summed E-state index contributed by atoms with van der Waals surface area (Å²) in [5.41, 5.74) is 8.51. The molecular formula is C12H12ClN3O. The van der Waals surface area contributed by atoms with Gasteiger partial charge in [-0.3, -0.25) is 4.79 Å². The molecule has 0 aliphatic carbocycles. The number of halogens is 1. The van der Waals surface area contributed by atoms with Crippen LogP contribution in [0, 0.1) is 0 Å². The van der Waals surface area contributed by atoms with Crippen LogP contribution in [0.2, 0.25) is 5.02 Å². The number of H-pyrrole nitrogens is 1. The Kier molecular flexibility index (Phi) is 3.06. The Morgan fingerprint density at radius 1 is 1.35 bits per heavy atom. The van der Waals surface area contributed by atoms with E-state index in [0.717, 1.165) is 11.3 Å². The molecule has 4 N–H and O–H groups in total.